The molecule has 0 bridgehead atoms. The zero-order chi connectivity index (χ0) is 19.2. The maximum Gasteiger partial charge on any atom is 0.258 e. The molecule has 3 rings (SSSR count). The van der Waals surface area contributed by atoms with Gasteiger partial charge >= 0.3 is 0 Å². The molecule has 0 aliphatic carbocycles. The van der Waals surface area contributed by atoms with Gasteiger partial charge < -0.3 is 20.1 Å². The Morgan fingerprint density at radius 1 is 1.22 bits per heavy atom. The predicted molar refractivity (Wildman–Crippen MR) is 102 cm³/mol. The van der Waals surface area contributed by atoms with E-state index in [1.165, 1.54) is 12.1 Å². The smallest absolute Gasteiger partial charge is 0.258 e. The van der Waals surface area contributed by atoms with E-state index in [1.807, 2.05) is 4.90 Å². The third-order valence-corrected chi connectivity index (χ3v) is 4.81. The number of likely N-dealkylation sites (tertiary alicyclic amines) is 1. The zero-order valence-corrected chi connectivity index (χ0v) is 15.5. The van der Waals surface area contributed by atoms with Gasteiger partial charge in [-0.1, -0.05) is 12.1 Å². The Labute approximate surface area is 158 Å². The highest BCUT2D eigenvalue weighted by Crippen LogP contribution is 2.34. The number of rotatable bonds is 6. The van der Waals surface area contributed by atoms with Gasteiger partial charge in [0.2, 0.25) is 0 Å². The van der Waals surface area contributed by atoms with Gasteiger partial charge in [0.15, 0.2) is 0 Å². The summed E-state index contributed by atoms with van der Waals surface area (Å²) < 4.78 is 24.2. The number of nitrogens with two attached hydrogens (primary N) is 1. The molecule has 1 fully saturated rings. The molecule has 1 unspecified atom stereocenters. The fourth-order valence-corrected chi connectivity index (χ4v) is 3.46. The van der Waals surface area contributed by atoms with Gasteiger partial charge in [-0.2, -0.15) is 0 Å². The van der Waals surface area contributed by atoms with Gasteiger partial charge in [-0.05, 0) is 49.1 Å². The number of methoxy groups -OCH3 is 1. The lowest BCUT2D eigenvalue weighted by Crippen LogP contribution is -2.38. The summed E-state index contributed by atoms with van der Waals surface area (Å²) in [4.78, 5) is 15.2. The van der Waals surface area contributed by atoms with Crippen molar-refractivity contribution >= 4 is 5.91 Å². The summed E-state index contributed by atoms with van der Waals surface area (Å²) in [6.07, 6.45) is 2.83. The average Bonchev–Trinajstić information content (AvgIpc) is 2.72. The van der Waals surface area contributed by atoms with Crippen LogP contribution in [0, 0.1) is 5.82 Å². The summed E-state index contributed by atoms with van der Waals surface area (Å²) in [7, 11) is 1.57. The van der Waals surface area contributed by atoms with Crippen molar-refractivity contribution in [3.05, 3.63) is 59.4 Å². The van der Waals surface area contributed by atoms with Gasteiger partial charge in [0.1, 0.15) is 23.9 Å². The Balaban J connectivity index is 1.91. The average molecular weight is 372 g/mol. The monoisotopic (exact) mass is 372 g/mol. The fraction of sp³-hybridized carbons (Fsp3) is 0.381. The number of piperidine rings is 1. The maximum absolute atomic E-state index is 13.3. The molecule has 1 aliphatic rings. The van der Waals surface area contributed by atoms with Crippen molar-refractivity contribution in [1.82, 2.24) is 4.90 Å². The summed E-state index contributed by atoms with van der Waals surface area (Å²) in [5.41, 5.74) is 6.98. The summed E-state index contributed by atoms with van der Waals surface area (Å²) in [5.74, 6) is 0.708. The van der Waals surface area contributed by atoms with E-state index < -0.39 is 0 Å². The van der Waals surface area contributed by atoms with Crippen molar-refractivity contribution in [1.29, 1.82) is 0 Å². The molecule has 0 aromatic heterocycles. The van der Waals surface area contributed by atoms with Gasteiger partial charge in [-0.3, -0.25) is 4.79 Å². The first kappa shape index (κ1) is 19.2. The van der Waals surface area contributed by atoms with E-state index in [1.54, 1.807) is 37.4 Å². The lowest BCUT2D eigenvalue weighted by molar-refractivity contribution is 0.0607. The molecule has 144 valence electrons. The molecule has 0 saturated carbocycles. The number of benzene rings is 2. The van der Waals surface area contributed by atoms with E-state index in [0.717, 1.165) is 24.8 Å². The molecule has 27 heavy (non-hydrogen) atoms. The molecule has 6 heteroatoms. The fourth-order valence-electron chi connectivity index (χ4n) is 3.46. The first-order valence-corrected chi connectivity index (χ1v) is 9.21. The number of carbonyl (C=O) groups excluding carboxylic acids is 1. The standard InChI is InChI=1S/C21H25FN2O3/c1-26-17-9-10-18(20(14-17)27-13-11-23)21(25)24-12-3-2-4-19(24)15-5-7-16(22)8-6-15/h5-10,14,19H,2-4,11-13,23H2,1H3. The van der Waals surface area contributed by atoms with E-state index in [2.05, 4.69) is 0 Å². The number of carbonyl (C=O) groups is 1. The number of hydrogen-bond donors (Lipinski definition) is 1. The Kier molecular flexibility index (Phi) is 6.29. The van der Waals surface area contributed by atoms with Crippen molar-refractivity contribution in [2.24, 2.45) is 5.73 Å². The van der Waals surface area contributed by atoms with E-state index in [-0.39, 0.29) is 17.8 Å². The van der Waals surface area contributed by atoms with Crippen LogP contribution in [0.25, 0.3) is 0 Å². The second-order valence-electron chi connectivity index (χ2n) is 6.56. The molecular formula is C21H25FN2O3. The zero-order valence-electron chi connectivity index (χ0n) is 15.5. The van der Waals surface area contributed by atoms with Crippen molar-refractivity contribution in [2.75, 3.05) is 26.8 Å². The Bertz CT molecular complexity index is 779. The summed E-state index contributed by atoms with van der Waals surface area (Å²) in [6.45, 7) is 1.32. The summed E-state index contributed by atoms with van der Waals surface area (Å²) in [6, 6.07) is 11.5. The van der Waals surface area contributed by atoms with Crippen LogP contribution in [0.4, 0.5) is 4.39 Å². The maximum atomic E-state index is 13.3. The molecule has 2 N–H and O–H groups in total. The largest absolute Gasteiger partial charge is 0.497 e. The van der Waals surface area contributed by atoms with Crippen LogP contribution in [0.15, 0.2) is 42.5 Å². The molecule has 2 aromatic rings. The van der Waals surface area contributed by atoms with Crippen LogP contribution in [0.5, 0.6) is 11.5 Å². The first-order chi connectivity index (χ1) is 13.1. The SMILES string of the molecule is COc1ccc(C(=O)N2CCCCC2c2ccc(F)cc2)c(OCCN)c1. The van der Waals surface area contributed by atoms with E-state index >= 15 is 0 Å². The summed E-state index contributed by atoms with van der Waals surface area (Å²) >= 11 is 0. The molecule has 1 aliphatic heterocycles. The topological polar surface area (TPSA) is 64.8 Å². The second kappa shape index (κ2) is 8.86. The lowest BCUT2D eigenvalue weighted by atomic mass is 9.94. The second-order valence-corrected chi connectivity index (χ2v) is 6.56. The molecule has 1 amide bonds. The minimum absolute atomic E-state index is 0.0729. The van der Waals surface area contributed by atoms with Crippen LogP contribution in [0.1, 0.15) is 41.2 Å². The minimum atomic E-state index is -0.278. The van der Waals surface area contributed by atoms with Gasteiger partial charge in [-0.15, -0.1) is 0 Å². The molecule has 2 aromatic carbocycles. The van der Waals surface area contributed by atoms with Crippen LogP contribution >= 0.6 is 0 Å². The molecule has 1 atom stereocenters. The van der Waals surface area contributed by atoms with Gasteiger partial charge in [0, 0.05) is 19.2 Å². The third-order valence-electron chi connectivity index (χ3n) is 4.81. The summed E-state index contributed by atoms with van der Waals surface area (Å²) in [5, 5.41) is 0. The number of ether oxygens (including phenoxy) is 2. The highest BCUT2D eigenvalue weighted by molar-refractivity contribution is 5.97. The first-order valence-electron chi connectivity index (χ1n) is 9.21. The van der Waals surface area contributed by atoms with Crippen molar-refractivity contribution in [3.8, 4) is 11.5 Å². The van der Waals surface area contributed by atoms with E-state index in [9.17, 15) is 9.18 Å². The van der Waals surface area contributed by atoms with Crippen LogP contribution in [-0.4, -0.2) is 37.6 Å². The van der Waals surface area contributed by atoms with Gasteiger partial charge in [-0.25, -0.2) is 4.39 Å². The minimum Gasteiger partial charge on any atom is -0.497 e. The highest BCUT2D eigenvalue weighted by atomic mass is 19.1. The molecular weight excluding hydrogens is 347 g/mol. The Morgan fingerprint density at radius 3 is 2.70 bits per heavy atom. The molecule has 1 heterocycles. The van der Waals surface area contributed by atoms with Crippen molar-refractivity contribution in [2.45, 2.75) is 25.3 Å². The van der Waals surface area contributed by atoms with Crippen LogP contribution in [-0.2, 0) is 0 Å². The molecule has 5 nitrogen and oxygen atoms in total. The number of amides is 1. The van der Waals surface area contributed by atoms with Crippen LogP contribution in [0.2, 0.25) is 0 Å². The molecule has 0 spiro atoms. The number of nitrogens with zero attached hydrogens (tertiary/aromatic N) is 1. The number of hydrogen-bond acceptors (Lipinski definition) is 4. The Morgan fingerprint density at radius 2 is 2.00 bits per heavy atom. The molecule has 1 saturated heterocycles. The van der Waals surface area contributed by atoms with Crippen molar-refractivity contribution in [3.63, 3.8) is 0 Å². The highest BCUT2D eigenvalue weighted by Gasteiger charge is 2.30. The molecule has 0 radical (unpaired) electrons. The van der Waals surface area contributed by atoms with Crippen LogP contribution < -0.4 is 15.2 Å². The van der Waals surface area contributed by atoms with Crippen LogP contribution in [0.3, 0.4) is 0 Å². The normalized spacial score (nSPS) is 16.9. The quantitative estimate of drug-likeness (QED) is 0.842. The number of halogens is 1. The van der Waals surface area contributed by atoms with E-state index in [4.69, 9.17) is 15.2 Å². The van der Waals surface area contributed by atoms with Crippen molar-refractivity contribution < 1.29 is 18.7 Å². The lowest BCUT2D eigenvalue weighted by Gasteiger charge is -2.36. The Hall–Kier alpha value is -2.60. The van der Waals surface area contributed by atoms with E-state index in [0.29, 0.717) is 36.8 Å². The van der Waals surface area contributed by atoms with Gasteiger partial charge in [0.05, 0.1) is 18.7 Å². The van der Waals surface area contributed by atoms with Gasteiger partial charge in [0.25, 0.3) is 5.91 Å². The predicted octanol–water partition coefficient (Wildman–Crippen LogP) is 3.54. The third kappa shape index (κ3) is 4.39.